The highest BCUT2D eigenvalue weighted by Gasteiger charge is 2.32. The number of carbonyl (C=O) groups is 1. The SMILES string of the molecule is Cc1cc(NC(=O)[C@H](C)N2CCC[C@H]2Cn2cccn2)no1. The minimum absolute atomic E-state index is 0.0549. The predicted octanol–water partition coefficient (Wildman–Crippen LogP) is 1.67. The maximum absolute atomic E-state index is 12.4. The fourth-order valence-electron chi connectivity index (χ4n) is 2.99. The summed E-state index contributed by atoms with van der Waals surface area (Å²) < 4.78 is 6.90. The lowest BCUT2D eigenvalue weighted by Gasteiger charge is -2.29. The number of aromatic nitrogens is 3. The molecular formula is C15H21N5O2. The summed E-state index contributed by atoms with van der Waals surface area (Å²) in [6.07, 6.45) is 5.93. The standard InChI is InChI=1S/C15H21N5O2/c1-11-9-14(18-22-11)17-15(21)12(2)20-8-3-5-13(20)10-19-7-4-6-16-19/h4,6-7,9,12-13H,3,5,8,10H2,1-2H3,(H,17,18,21)/t12-,13-/m0/s1. The minimum Gasteiger partial charge on any atom is -0.360 e. The van der Waals surface area contributed by atoms with Crippen LogP contribution in [0.15, 0.2) is 29.0 Å². The van der Waals surface area contributed by atoms with Gasteiger partial charge < -0.3 is 9.84 Å². The molecule has 3 heterocycles. The molecule has 0 saturated carbocycles. The van der Waals surface area contributed by atoms with Crippen molar-refractivity contribution in [2.24, 2.45) is 0 Å². The Kier molecular flexibility index (Phi) is 4.24. The molecule has 0 aliphatic carbocycles. The monoisotopic (exact) mass is 303 g/mol. The predicted molar refractivity (Wildman–Crippen MR) is 81.3 cm³/mol. The number of hydrogen-bond acceptors (Lipinski definition) is 5. The Hall–Kier alpha value is -2.15. The van der Waals surface area contributed by atoms with Crippen molar-refractivity contribution in [3.8, 4) is 0 Å². The van der Waals surface area contributed by atoms with Gasteiger partial charge in [-0.3, -0.25) is 14.4 Å². The summed E-state index contributed by atoms with van der Waals surface area (Å²) in [5.74, 6) is 1.10. The Bertz CT molecular complexity index is 622. The van der Waals surface area contributed by atoms with Crippen molar-refractivity contribution in [3.63, 3.8) is 0 Å². The van der Waals surface area contributed by atoms with Crippen molar-refractivity contribution >= 4 is 11.7 Å². The third-order valence-corrected chi connectivity index (χ3v) is 4.14. The van der Waals surface area contributed by atoms with Crippen LogP contribution in [-0.4, -0.2) is 44.4 Å². The quantitative estimate of drug-likeness (QED) is 0.909. The summed E-state index contributed by atoms with van der Waals surface area (Å²) in [5, 5.41) is 10.9. The Morgan fingerprint density at radius 1 is 1.59 bits per heavy atom. The van der Waals surface area contributed by atoms with Gasteiger partial charge in [0, 0.05) is 24.5 Å². The van der Waals surface area contributed by atoms with Crippen LogP contribution < -0.4 is 5.32 Å². The van der Waals surface area contributed by atoms with Crippen molar-refractivity contribution in [2.45, 2.75) is 45.3 Å². The van der Waals surface area contributed by atoms with E-state index in [2.05, 4.69) is 20.5 Å². The Labute approximate surface area is 129 Å². The summed E-state index contributed by atoms with van der Waals surface area (Å²) in [4.78, 5) is 14.6. The van der Waals surface area contributed by atoms with Gasteiger partial charge in [0.05, 0.1) is 12.6 Å². The van der Waals surface area contributed by atoms with Gasteiger partial charge in [0.15, 0.2) is 5.82 Å². The molecule has 1 N–H and O–H groups in total. The first-order valence-electron chi connectivity index (χ1n) is 7.61. The first-order chi connectivity index (χ1) is 10.6. The molecule has 1 amide bonds. The molecule has 3 rings (SSSR count). The van der Waals surface area contributed by atoms with Crippen molar-refractivity contribution < 1.29 is 9.32 Å². The molecule has 0 spiro atoms. The third kappa shape index (κ3) is 3.19. The molecule has 0 bridgehead atoms. The van der Waals surface area contributed by atoms with Gasteiger partial charge in [-0.2, -0.15) is 5.10 Å². The molecule has 7 heteroatoms. The summed E-state index contributed by atoms with van der Waals surface area (Å²) in [6.45, 7) is 5.47. The Morgan fingerprint density at radius 3 is 3.14 bits per heavy atom. The van der Waals surface area contributed by atoms with Crippen LogP contribution in [0.2, 0.25) is 0 Å². The topological polar surface area (TPSA) is 76.2 Å². The molecule has 2 aromatic heterocycles. The summed E-state index contributed by atoms with van der Waals surface area (Å²) >= 11 is 0. The van der Waals surface area contributed by atoms with E-state index in [0.29, 0.717) is 17.6 Å². The maximum atomic E-state index is 12.4. The van der Waals surface area contributed by atoms with E-state index in [0.717, 1.165) is 25.9 Å². The van der Waals surface area contributed by atoms with Gasteiger partial charge in [-0.25, -0.2) is 0 Å². The highest BCUT2D eigenvalue weighted by atomic mass is 16.5. The lowest BCUT2D eigenvalue weighted by atomic mass is 10.2. The maximum Gasteiger partial charge on any atom is 0.242 e. The zero-order chi connectivity index (χ0) is 15.5. The minimum atomic E-state index is -0.208. The van der Waals surface area contributed by atoms with E-state index >= 15 is 0 Å². The number of rotatable bonds is 5. The lowest BCUT2D eigenvalue weighted by molar-refractivity contribution is -0.121. The number of nitrogens with zero attached hydrogens (tertiary/aromatic N) is 4. The van der Waals surface area contributed by atoms with Crippen LogP contribution in [-0.2, 0) is 11.3 Å². The molecule has 118 valence electrons. The van der Waals surface area contributed by atoms with Crippen molar-refractivity contribution in [3.05, 3.63) is 30.3 Å². The molecule has 1 aliphatic heterocycles. The lowest BCUT2D eigenvalue weighted by Crippen LogP contribution is -2.46. The summed E-state index contributed by atoms with van der Waals surface area (Å²) in [5.41, 5.74) is 0. The van der Waals surface area contributed by atoms with Gasteiger partial charge in [-0.15, -0.1) is 0 Å². The Morgan fingerprint density at radius 2 is 2.45 bits per heavy atom. The van der Waals surface area contributed by atoms with E-state index in [1.54, 1.807) is 19.2 Å². The van der Waals surface area contributed by atoms with E-state index in [1.807, 2.05) is 23.9 Å². The number of aryl methyl sites for hydroxylation is 1. The van der Waals surface area contributed by atoms with Crippen molar-refractivity contribution in [1.29, 1.82) is 0 Å². The average molecular weight is 303 g/mol. The zero-order valence-electron chi connectivity index (χ0n) is 12.9. The van der Waals surface area contributed by atoms with Crippen LogP contribution in [0.3, 0.4) is 0 Å². The van der Waals surface area contributed by atoms with E-state index in [4.69, 9.17) is 4.52 Å². The van der Waals surface area contributed by atoms with Crippen LogP contribution in [0.25, 0.3) is 0 Å². The van der Waals surface area contributed by atoms with Gasteiger partial charge in [0.25, 0.3) is 0 Å². The summed E-state index contributed by atoms with van der Waals surface area (Å²) in [6, 6.07) is 3.76. The molecule has 0 radical (unpaired) electrons. The second-order valence-corrected chi connectivity index (χ2v) is 5.75. The molecule has 2 atom stereocenters. The highest BCUT2D eigenvalue weighted by Crippen LogP contribution is 2.22. The number of carbonyl (C=O) groups excluding carboxylic acids is 1. The number of amides is 1. The van der Waals surface area contributed by atoms with Gasteiger partial charge in [0.2, 0.25) is 5.91 Å². The fourth-order valence-corrected chi connectivity index (χ4v) is 2.99. The zero-order valence-corrected chi connectivity index (χ0v) is 12.9. The summed E-state index contributed by atoms with van der Waals surface area (Å²) in [7, 11) is 0. The first-order valence-corrected chi connectivity index (χ1v) is 7.61. The third-order valence-electron chi connectivity index (χ3n) is 4.14. The largest absolute Gasteiger partial charge is 0.360 e. The molecule has 0 unspecified atom stereocenters. The first kappa shape index (κ1) is 14.8. The molecule has 1 fully saturated rings. The highest BCUT2D eigenvalue weighted by molar-refractivity contribution is 5.93. The van der Waals surface area contributed by atoms with Crippen LogP contribution in [0.1, 0.15) is 25.5 Å². The molecule has 2 aromatic rings. The number of anilines is 1. The molecular weight excluding hydrogens is 282 g/mol. The molecule has 22 heavy (non-hydrogen) atoms. The Balaban J connectivity index is 1.62. The van der Waals surface area contributed by atoms with Crippen molar-refractivity contribution in [2.75, 3.05) is 11.9 Å². The molecule has 1 aliphatic rings. The molecule has 0 aromatic carbocycles. The second-order valence-electron chi connectivity index (χ2n) is 5.75. The van der Waals surface area contributed by atoms with Gasteiger partial charge in [-0.05, 0) is 39.3 Å². The number of hydrogen-bond donors (Lipinski definition) is 1. The van der Waals surface area contributed by atoms with Gasteiger partial charge in [-0.1, -0.05) is 5.16 Å². The van der Waals surface area contributed by atoms with E-state index in [9.17, 15) is 4.79 Å². The van der Waals surface area contributed by atoms with Crippen LogP contribution in [0.4, 0.5) is 5.82 Å². The van der Waals surface area contributed by atoms with E-state index in [-0.39, 0.29) is 11.9 Å². The van der Waals surface area contributed by atoms with E-state index < -0.39 is 0 Å². The fraction of sp³-hybridized carbons (Fsp3) is 0.533. The van der Waals surface area contributed by atoms with Gasteiger partial charge >= 0.3 is 0 Å². The average Bonchev–Trinajstić information content (AvgIpc) is 3.21. The van der Waals surface area contributed by atoms with Crippen LogP contribution in [0.5, 0.6) is 0 Å². The molecule has 7 nitrogen and oxygen atoms in total. The van der Waals surface area contributed by atoms with E-state index in [1.165, 1.54) is 0 Å². The normalized spacial score (nSPS) is 20.2. The van der Waals surface area contributed by atoms with Gasteiger partial charge in [0.1, 0.15) is 5.76 Å². The second kappa shape index (κ2) is 6.31. The number of likely N-dealkylation sites (tertiary alicyclic amines) is 1. The smallest absolute Gasteiger partial charge is 0.242 e. The number of nitrogens with one attached hydrogen (secondary N) is 1. The van der Waals surface area contributed by atoms with Crippen LogP contribution in [0, 0.1) is 6.92 Å². The van der Waals surface area contributed by atoms with Crippen molar-refractivity contribution in [1.82, 2.24) is 19.8 Å². The molecule has 1 saturated heterocycles. The van der Waals surface area contributed by atoms with Crippen LogP contribution >= 0.6 is 0 Å².